The van der Waals surface area contributed by atoms with Crippen molar-refractivity contribution in [3.05, 3.63) is 64.1 Å². The molecule has 0 unspecified atom stereocenters. The zero-order valence-corrected chi connectivity index (χ0v) is 14.1. The van der Waals surface area contributed by atoms with E-state index < -0.39 is 5.41 Å². The Balaban J connectivity index is 2.38. The SMILES string of the molecule is C=C[C@@]1(C)C[C@H](C=C(C)C)Oc2c1c(=O)oc1cccc(C)c21. The maximum absolute atomic E-state index is 12.6. The number of benzene rings is 1. The number of allylic oxidation sites excluding steroid dienone is 2. The molecule has 120 valence electrons. The second-order valence-corrected chi connectivity index (χ2v) is 6.77. The number of fused-ring (bicyclic) bond motifs is 3. The van der Waals surface area contributed by atoms with Crippen molar-refractivity contribution in [2.45, 2.75) is 45.6 Å². The van der Waals surface area contributed by atoms with E-state index in [2.05, 4.69) is 12.7 Å². The van der Waals surface area contributed by atoms with E-state index >= 15 is 0 Å². The molecule has 2 aromatic rings. The Labute approximate surface area is 136 Å². The van der Waals surface area contributed by atoms with Gasteiger partial charge in [0.25, 0.3) is 0 Å². The molecule has 1 aromatic heterocycles. The predicted octanol–water partition coefficient (Wildman–Crippen LogP) is 4.66. The molecule has 0 N–H and O–H groups in total. The smallest absolute Gasteiger partial charge is 0.344 e. The monoisotopic (exact) mass is 310 g/mol. The van der Waals surface area contributed by atoms with Gasteiger partial charge in [0.05, 0.1) is 10.9 Å². The zero-order valence-electron chi connectivity index (χ0n) is 14.1. The minimum absolute atomic E-state index is 0.0832. The highest BCUT2D eigenvalue weighted by Crippen LogP contribution is 2.44. The Kier molecular flexibility index (Phi) is 3.67. The Morgan fingerprint density at radius 2 is 2.13 bits per heavy atom. The average Bonchev–Trinajstić information content (AvgIpc) is 2.45. The lowest BCUT2D eigenvalue weighted by Gasteiger charge is -2.36. The van der Waals surface area contributed by atoms with E-state index in [1.165, 1.54) is 5.57 Å². The van der Waals surface area contributed by atoms with Gasteiger partial charge < -0.3 is 9.15 Å². The van der Waals surface area contributed by atoms with Crippen molar-refractivity contribution in [2.24, 2.45) is 0 Å². The van der Waals surface area contributed by atoms with Gasteiger partial charge >= 0.3 is 5.63 Å². The third-order valence-electron chi connectivity index (χ3n) is 4.53. The van der Waals surface area contributed by atoms with Crippen LogP contribution in [0.3, 0.4) is 0 Å². The molecule has 2 atom stereocenters. The van der Waals surface area contributed by atoms with E-state index in [1.54, 1.807) is 0 Å². The summed E-state index contributed by atoms with van der Waals surface area (Å²) in [5, 5.41) is 0.877. The van der Waals surface area contributed by atoms with Crippen molar-refractivity contribution in [1.82, 2.24) is 0 Å². The number of hydrogen-bond donors (Lipinski definition) is 0. The lowest BCUT2D eigenvalue weighted by atomic mass is 9.75. The highest BCUT2D eigenvalue weighted by atomic mass is 16.5. The zero-order chi connectivity index (χ0) is 16.8. The van der Waals surface area contributed by atoms with Gasteiger partial charge in [0, 0.05) is 11.8 Å². The lowest BCUT2D eigenvalue weighted by Crippen LogP contribution is -2.38. The molecular formula is C20H22O3. The summed E-state index contributed by atoms with van der Waals surface area (Å²) < 4.78 is 11.8. The Morgan fingerprint density at radius 3 is 2.78 bits per heavy atom. The summed E-state index contributed by atoms with van der Waals surface area (Å²) in [6.45, 7) is 12.1. The highest BCUT2D eigenvalue weighted by molar-refractivity contribution is 5.88. The largest absolute Gasteiger partial charge is 0.485 e. The van der Waals surface area contributed by atoms with Crippen molar-refractivity contribution in [3.63, 3.8) is 0 Å². The molecule has 0 spiro atoms. The first kappa shape index (κ1) is 15.6. The number of ether oxygens (including phenoxy) is 1. The molecule has 1 aliphatic heterocycles. The van der Waals surface area contributed by atoms with E-state index in [0.29, 0.717) is 23.3 Å². The topological polar surface area (TPSA) is 39.4 Å². The van der Waals surface area contributed by atoms with Crippen molar-refractivity contribution in [1.29, 1.82) is 0 Å². The van der Waals surface area contributed by atoms with Gasteiger partial charge in [-0.05, 0) is 38.5 Å². The van der Waals surface area contributed by atoms with Crippen LogP contribution in [0.2, 0.25) is 0 Å². The van der Waals surface area contributed by atoms with Gasteiger partial charge in [-0.1, -0.05) is 30.7 Å². The minimum Gasteiger partial charge on any atom is -0.485 e. The number of rotatable bonds is 2. The summed E-state index contributed by atoms with van der Waals surface area (Å²) in [6, 6.07) is 5.70. The van der Waals surface area contributed by atoms with E-state index in [-0.39, 0.29) is 11.7 Å². The van der Waals surface area contributed by atoms with Crippen LogP contribution < -0.4 is 10.4 Å². The fourth-order valence-electron chi connectivity index (χ4n) is 3.36. The Bertz CT molecular complexity index is 868. The molecule has 2 heterocycles. The van der Waals surface area contributed by atoms with Crippen molar-refractivity contribution in [2.75, 3.05) is 0 Å². The second kappa shape index (κ2) is 5.41. The quantitative estimate of drug-likeness (QED) is 0.598. The van der Waals surface area contributed by atoms with Crippen molar-refractivity contribution in [3.8, 4) is 5.75 Å². The summed E-state index contributed by atoms with van der Waals surface area (Å²) >= 11 is 0. The van der Waals surface area contributed by atoms with Gasteiger partial charge in [0.2, 0.25) is 0 Å². The fourth-order valence-corrected chi connectivity index (χ4v) is 3.36. The van der Waals surface area contributed by atoms with Crippen LogP contribution >= 0.6 is 0 Å². The molecule has 0 radical (unpaired) electrons. The number of hydrogen-bond acceptors (Lipinski definition) is 3. The van der Waals surface area contributed by atoms with Crippen LogP contribution in [-0.2, 0) is 5.41 Å². The second-order valence-electron chi connectivity index (χ2n) is 6.77. The molecule has 0 aliphatic carbocycles. The Hall–Kier alpha value is -2.29. The maximum Gasteiger partial charge on any atom is 0.344 e. The molecule has 3 rings (SSSR count). The molecule has 1 aliphatic rings. The molecule has 0 amide bonds. The van der Waals surface area contributed by atoms with E-state index in [1.807, 2.05) is 52.0 Å². The standard InChI is InChI=1S/C20H22O3/c1-6-20(5)11-14(10-12(2)3)22-18-16-13(4)8-7-9-15(16)23-19(21)17(18)20/h6-10,14H,1,11H2,2-5H3/t14-,20-/m0/s1. The summed E-state index contributed by atoms with van der Waals surface area (Å²) in [6.07, 6.45) is 4.53. The summed E-state index contributed by atoms with van der Waals surface area (Å²) in [4.78, 5) is 12.6. The number of aryl methyl sites for hydroxylation is 1. The summed E-state index contributed by atoms with van der Waals surface area (Å²) in [5.74, 6) is 0.644. The molecule has 1 aromatic carbocycles. The molecule has 3 nitrogen and oxygen atoms in total. The van der Waals surface area contributed by atoms with E-state index in [9.17, 15) is 4.79 Å². The van der Waals surface area contributed by atoms with Crippen LogP contribution in [0.15, 0.2) is 51.7 Å². The van der Waals surface area contributed by atoms with Gasteiger partial charge in [-0.25, -0.2) is 4.79 Å². The normalized spacial score (nSPS) is 23.0. The van der Waals surface area contributed by atoms with Crippen LogP contribution in [-0.4, -0.2) is 6.10 Å². The fraction of sp³-hybridized carbons (Fsp3) is 0.350. The van der Waals surface area contributed by atoms with Crippen LogP contribution in [0.1, 0.15) is 38.3 Å². The molecule has 0 fully saturated rings. The summed E-state index contributed by atoms with van der Waals surface area (Å²) in [7, 11) is 0. The van der Waals surface area contributed by atoms with Gasteiger partial charge in [-0.2, -0.15) is 0 Å². The van der Waals surface area contributed by atoms with Crippen LogP contribution in [0.5, 0.6) is 5.75 Å². The first-order valence-corrected chi connectivity index (χ1v) is 7.88. The van der Waals surface area contributed by atoms with Crippen molar-refractivity contribution >= 4 is 11.0 Å². The molecule has 23 heavy (non-hydrogen) atoms. The van der Waals surface area contributed by atoms with Gasteiger partial charge in [0.15, 0.2) is 0 Å². The van der Waals surface area contributed by atoms with E-state index in [4.69, 9.17) is 9.15 Å². The van der Waals surface area contributed by atoms with Gasteiger partial charge in [0.1, 0.15) is 17.4 Å². The maximum atomic E-state index is 12.6. The lowest BCUT2D eigenvalue weighted by molar-refractivity contribution is 0.181. The summed E-state index contributed by atoms with van der Waals surface area (Å²) in [5.41, 5.74) is 2.56. The predicted molar refractivity (Wildman–Crippen MR) is 93.2 cm³/mol. The van der Waals surface area contributed by atoms with Gasteiger partial charge in [-0.15, -0.1) is 6.58 Å². The van der Waals surface area contributed by atoms with Crippen LogP contribution in [0.4, 0.5) is 0 Å². The third-order valence-corrected chi connectivity index (χ3v) is 4.53. The molecule has 0 bridgehead atoms. The average molecular weight is 310 g/mol. The minimum atomic E-state index is -0.471. The first-order valence-electron chi connectivity index (χ1n) is 7.88. The van der Waals surface area contributed by atoms with E-state index in [0.717, 1.165) is 10.9 Å². The Morgan fingerprint density at radius 1 is 1.39 bits per heavy atom. The van der Waals surface area contributed by atoms with Crippen LogP contribution in [0.25, 0.3) is 11.0 Å². The highest BCUT2D eigenvalue weighted by Gasteiger charge is 2.39. The molecular weight excluding hydrogens is 288 g/mol. The van der Waals surface area contributed by atoms with Crippen LogP contribution in [0, 0.1) is 6.92 Å². The first-order chi connectivity index (χ1) is 10.9. The molecule has 0 saturated heterocycles. The molecule has 0 saturated carbocycles. The third kappa shape index (κ3) is 2.50. The van der Waals surface area contributed by atoms with Crippen molar-refractivity contribution < 1.29 is 9.15 Å². The molecule has 3 heteroatoms. The van der Waals surface area contributed by atoms with Gasteiger partial charge in [-0.3, -0.25) is 0 Å².